The molecule has 0 spiro atoms. The van der Waals surface area contributed by atoms with Crippen LogP contribution in [0.25, 0.3) is 11.3 Å². The van der Waals surface area contributed by atoms with Crippen molar-refractivity contribution in [3.63, 3.8) is 0 Å². The molecule has 0 fully saturated rings. The number of aromatic nitrogens is 4. The lowest BCUT2D eigenvalue weighted by Gasteiger charge is -2.11. The molecule has 0 radical (unpaired) electrons. The Hall–Kier alpha value is -2.86. The molecule has 5 nitrogen and oxygen atoms in total. The summed E-state index contributed by atoms with van der Waals surface area (Å²) >= 11 is 1.57. The zero-order valence-corrected chi connectivity index (χ0v) is 15.4. The summed E-state index contributed by atoms with van der Waals surface area (Å²) in [7, 11) is 0. The number of aryl methyl sites for hydroxylation is 1. The summed E-state index contributed by atoms with van der Waals surface area (Å²) in [6, 6.07) is 16.1. The van der Waals surface area contributed by atoms with Gasteiger partial charge in [0.2, 0.25) is 5.65 Å². The van der Waals surface area contributed by atoms with Gasteiger partial charge in [0.15, 0.2) is 5.16 Å². The highest BCUT2D eigenvalue weighted by molar-refractivity contribution is 7.98. The monoisotopic (exact) mass is 362 g/mol. The van der Waals surface area contributed by atoms with E-state index in [1.165, 1.54) is 5.56 Å². The first-order valence-electron chi connectivity index (χ1n) is 8.35. The molecule has 2 aromatic heterocycles. The molecule has 0 bridgehead atoms. The third kappa shape index (κ3) is 2.93. The van der Waals surface area contributed by atoms with Gasteiger partial charge in [0.1, 0.15) is 0 Å². The Morgan fingerprint density at radius 1 is 0.962 bits per heavy atom. The fraction of sp³-hybridized carbons (Fsp3) is 0.150. The zero-order valence-electron chi connectivity index (χ0n) is 14.6. The van der Waals surface area contributed by atoms with Crippen LogP contribution in [0.3, 0.4) is 0 Å². The van der Waals surface area contributed by atoms with Crippen molar-refractivity contribution in [3.8, 4) is 5.69 Å². The van der Waals surface area contributed by atoms with Crippen LogP contribution in [0.2, 0.25) is 0 Å². The number of fused-ring (bicyclic) bond motifs is 1. The van der Waals surface area contributed by atoms with Crippen molar-refractivity contribution in [1.29, 1.82) is 0 Å². The van der Waals surface area contributed by atoms with Crippen LogP contribution in [0.5, 0.6) is 0 Å². The molecule has 130 valence electrons. The molecule has 0 unspecified atom stereocenters. The molecule has 0 N–H and O–H groups in total. The summed E-state index contributed by atoms with van der Waals surface area (Å²) in [5.74, 6) is 0.779. The van der Waals surface area contributed by atoms with Crippen molar-refractivity contribution in [3.05, 3.63) is 88.0 Å². The van der Waals surface area contributed by atoms with Gasteiger partial charge in [0.05, 0.1) is 5.69 Å². The fourth-order valence-corrected chi connectivity index (χ4v) is 3.75. The molecule has 0 aliphatic heterocycles. The Bertz CT molecular complexity index is 1130. The van der Waals surface area contributed by atoms with Gasteiger partial charge in [-0.05, 0) is 36.6 Å². The number of thioether (sulfide) groups is 1. The average Bonchev–Trinajstić information content (AvgIpc) is 3.08. The molecule has 0 atom stereocenters. The summed E-state index contributed by atoms with van der Waals surface area (Å²) in [5.41, 5.74) is 4.48. The highest BCUT2D eigenvalue weighted by Gasteiger charge is 2.13. The molecular weight excluding hydrogens is 344 g/mol. The van der Waals surface area contributed by atoms with E-state index in [2.05, 4.69) is 22.3 Å². The lowest BCUT2D eigenvalue weighted by Crippen LogP contribution is -2.21. The van der Waals surface area contributed by atoms with Crippen LogP contribution in [-0.4, -0.2) is 19.2 Å². The predicted molar refractivity (Wildman–Crippen MR) is 104 cm³/mol. The van der Waals surface area contributed by atoms with E-state index in [1.807, 2.05) is 56.4 Å². The zero-order chi connectivity index (χ0) is 18.1. The molecule has 26 heavy (non-hydrogen) atoms. The Kier molecular flexibility index (Phi) is 4.34. The Labute approximate surface area is 155 Å². The second-order valence-corrected chi connectivity index (χ2v) is 7.09. The normalized spacial score (nSPS) is 11.2. The van der Waals surface area contributed by atoms with E-state index in [-0.39, 0.29) is 5.56 Å². The standard InChI is InChI=1S/C20H18N4OS/c1-14-7-6-10-17(15(14)2)23-11-12-24-18(19(23)25)21-22-20(24)26-13-16-8-4-3-5-9-16/h3-12H,13H2,1-2H3. The second kappa shape index (κ2) is 6.80. The summed E-state index contributed by atoms with van der Waals surface area (Å²) in [6.07, 6.45) is 3.64. The van der Waals surface area contributed by atoms with E-state index >= 15 is 0 Å². The molecule has 0 saturated carbocycles. The van der Waals surface area contributed by atoms with Crippen LogP contribution in [0.1, 0.15) is 16.7 Å². The molecule has 4 aromatic rings. The van der Waals surface area contributed by atoms with E-state index in [0.717, 1.165) is 22.6 Å². The van der Waals surface area contributed by atoms with Crippen molar-refractivity contribution in [1.82, 2.24) is 19.2 Å². The molecule has 2 heterocycles. The molecule has 0 aliphatic rings. The van der Waals surface area contributed by atoms with Gasteiger partial charge in [-0.2, -0.15) is 0 Å². The summed E-state index contributed by atoms with van der Waals surface area (Å²) in [6.45, 7) is 4.06. The van der Waals surface area contributed by atoms with Gasteiger partial charge < -0.3 is 0 Å². The van der Waals surface area contributed by atoms with E-state index in [9.17, 15) is 4.79 Å². The largest absolute Gasteiger partial charge is 0.300 e. The second-order valence-electron chi connectivity index (χ2n) is 6.14. The van der Waals surface area contributed by atoms with Gasteiger partial charge in [-0.1, -0.05) is 54.2 Å². The SMILES string of the molecule is Cc1cccc(-n2ccn3c(SCc4ccccc4)nnc3c2=O)c1C. The molecule has 6 heteroatoms. The topological polar surface area (TPSA) is 52.2 Å². The van der Waals surface area contributed by atoms with Crippen molar-refractivity contribution in [2.45, 2.75) is 24.8 Å². The molecule has 0 amide bonds. The molecule has 4 rings (SSSR count). The number of rotatable bonds is 4. The van der Waals surface area contributed by atoms with Gasteiger partial charge in [-0.25, -0.2) is 0 Å². The molecular formula is C20H18N4OS. The van der Waals surface area contributed by atoms with Crippen LogP contribution >= 0.6 is 11.8 Å². The molecule has 0 saturated heterocycles. The maximum absolute atomic E-state index is 12.9. The fourth-order valence-electron chi connectivity index (χ4n) is 2.87. The first kappa shape index (κ1) is 16.6. The van der Waals surface area contributed by atoms with Crippen LogP contribution in [0, 0.1) is 13.8 Å². The number of benzene rings is 2. The van der Waals surface area contributed by atoms with Crippen molar-refractivity contribution in [2.75, 3.05) is 0 Å². The van der Waals surface area contributed by atoms with Crippen LogP contribution in [-0.2, 0) is 5.75 Å². The summed E-state index contributed by atoms with van der Waals surface area (Å²) in [4.78, 5) is 12.9. The third-order valence-electron chi connectivity index (χ3n) is 4.49. The average molecular weight is 362 g/mol. The predicted octanol–water partition coefficient (Wildman–Crippen LogP) is 3.79. The van der Waals surface area contributed by atoms with Crippen molar-refractivity contribution in [2.24, 2.45) is 0 Å². The Morgan fingerprint density at radius 2 is 1.77 bits per heavy atom. The van der Waals surface area contributed by atoms with Crippen LogP contribution < -0.4 is 5.56 Å². The summed E-state index contributed by atoms with van der Waals surface area (Å²) in [5, 5.41) is 9.05. The van der Waals surface area contributed by atoms with Crippen LogP contribution in [0.4, 0.5) is 0 Å². The minimum Gasteiger partial charge on any atom is -0.279 e. The Balaban J connectivity index is 1.72. The van der Waals surface area contributed by atoms with E-state index in [0.29, 0.717) is 10.8 Å². The van der Waals surface area contributed by atoms with Gasteiger partial charge >= 0.3 is 5.56 Å². The van der Waals surface area contributed by atoms with Crippen LogP contribution in [0.15, 0.2) is 70.9 Å². The molecule has 0 aliphatic carbocycles. The van der Waals surface area contributed by atoms with Gasteiger partial charge in [0, 0.05) is 18.1 Å². The van der Waals surface area contributed by atoms with E-state index < -0.39 is 0 Å². The minimum atomic E-state index is -0.166. The smallest absolute Gasteiger partial charge is 0.279 e. The lowest BCUT2D eigenvalue weighted by molar-refractivity contribution is 0.889. The first-order chi connectivity index (χ1) is 12.6. The minimum absolute atomic E-state index is 0.166. The highest BCUT2D eigenvalue weighted by Crippen LogP contribution is 2.21. The van der Waals surface area contributed by atoms with E-state index in [1.54, 1.807) is 26.9 Å². The number of hydrogen-bond acceptors (Lipinski definition) is 4. The number of nitrogens with zero attached hydrogens (tertiary/aromatic N) is 4. The molecule has 2 aromatic carbocycles. The maximum Gasteiger partial charge on any atom is 0.300 e. The van der Waals surface area contributed by atoms with Gasteiger partial charge in [-0.3, -0.25) is 13.8 Å². The third-order valence-corrected chi connectivity index (χ3v) is 5.50. The quantitative estimate of drug-likeness (QED) is 0.518. The summed E-state index contributed by atoms with van der Waals surface area (Å²) < 4.78 is 3.40. The lowest BCUT2D eigenvalue weighted by atomic mass is 10.1. The maximum atomic E-state index is 12.9. The van der Waals surface area contributed by atoms with Crippen molar-refractivity contribution < 1.29 is 0 Å². The van der Waals surface area contributed by atoms with E-state index in [4.69, 9.17) is 0 Å². The van der Waals surface area contributed by atoms with Gasteiger partial charge in [0.25, 0.3) is 0 Å². The van der Waals surface area contributed by atoms with Gasteiger partial charge in [-0.15, -0.1) is 10.2 Å². The first-order valence-corrected chi connectivity index (χ1v) is 9.33. The number of hydrogen-bond donors (Lipinski definition) is 0. The Morgan fingerprint density at radius 3 is 2.58 bits per heavy atom. The highest BCUT2D eigenvalue weighted by atomic mass is 32.2. The van der Waals surface area contributed by atoms with Crippen molar-refractivity contribution >= 4 is 17.4 Å².